The van der Waals surface area contributed by atoms with Crippen molar-refractivity contribution in [3.05, 3.63) is 218 Å². The van der Waals surface area contributed by atoms with Crippen molar-refractivity contribution in [3.63, 3.8) is 0 Å². The van der Waals surface area contributed by atoms with E-state index in [9.17, 15) is 9.59 Å². The Hall–Kier alpha value is -8.36. The van der Waals surface area contributed by atoms with Crippen molar-refractivity contribution < 1.29 is 19.1 Å². The summed E-state index contributed by atoms with van der Waals surface area (Å²) >= 11 is 0. The highest BCUT2D eigenvalue weighted by molar-refractivity contribution is 5.95. The fourth-order valence-corrected chi connectivity index (χ4v) is 6.70. The molecule has 0 aliphatic heterocycles. The number of carbonyl (C=O) groups excluding carboxylic acids is 2. The number of pyridine rings is 4. The van der Waals surface area contributed by atoms with Crippen molar-refractivity contribution in [2.24, 2.45) is 0 Å². The number of hydrogen-bond donors (Lipinski definition) is 0. The van der Waals surface area contributed by atoms with Crippen LogP contribution in [0, 0.1) is 0 Å². The highest BCUT2D eigenvalue weighted by atomic mass is 16.5. The first-order valence-electron chi connectivity index (χ1n) is 19.3. The van der Waals surface area contributed by atoms with Crippen molar-refractivity contribution in [3.8, 4) is 79.0 Å². The molecule has 0 saturated carbocycles. The van der Waals surface area contributed by atoms with Crippen LogP contribution < -0.4 is 9.47 Å². The SMILES string of the molecule is O=C(Oc1ccc(-c2cc(-c3ccccc3)nc(-c3ccccn3)c2)cc1)c1ccc(C(=O)Oc2ccc(-c3cc(-c4ccccc4)nc(-c4ccccn4)c3)cc2)cc1. The van der Waals surface area contributed by atoms with Crippen LogP contribution in [0.4, 0.5) is 0 Å². The summed E-state index contributed by atoms with van der Waals surface area (Å²) in [5.41, 5.74) is 11.0. The molecule has 0 N–H and O–H groups in total. The summed E-state index contributed by atoms with van der Waals surface area (Å²) in [5.74, 6) is -0.338. The van der Waals surface area contributed by atoms with E-state index in [4.69, 9.17) is 19.4 Å². The molecule has 0 radical (unpaired) electrons. The number of hydrogen-bond acceptors (Lipinski definition) is 8. The molecule has 9 aromatic rings. The van der Waals surface area contributed by atoms with Crippen molar-refractivity contribution >= 4 is 11.9 Å². The molecular formula is C52H34N4O4. The Kier molecular flexibility index (Phi) is 10.6. The van der Waals surface area contributed by atoms with Crippen LogP contribution in [0.25, 0.3) is 67.5 Å². The Labute approximate surface area is 346 Å². The molecule has 0 bridgehead atoms. The molecule has 0 spiro atoms. The monoisotopic (exact) mass is 778 g/mol. The molecular weight excluding hydrogens is 745 g/mol. The minimum atomic E-state index is -0.552. The van der Waals surface area contributed by atoms with E-state index in [0.717, 1.165) is 67.5 Å². The summed E-state index contributed by atoms with van der Waals surface area (Å²) in [5, 5.41) is 0. The molecule has 8 heteroatoms. The number of carbonyl (C=O) groups is 2. The molecule has 0 fully saturated rings. The second-order valence-corrected chi connectivity index (χ2v) is 13.8. The van der Waals surface area contributed by atoms with Gasteiger partial charge in [-0.15, -0.1) is 0 Å². The lowest BCUT2D eigenvalue weighted by Gasteiger charge is -2.11. The zero-order chi connectivity index (χ0) is 40.7. The zero-order valence-corrected chi connectivity index (χ0v) is 32.1. The molecule has 0 aliphatic carbocycles. The van der Waals surface area contributed by atoms with E-state index in [-0.39, 0.29) is 0 Å². The number of rotatable bonds is 10. The fraction of sp³-hybridized carbons (Fsp3) is 0. The Morgan fingerprint density at radius 1 is 0.317 bits per heavy atom. The topological polar surface area (TPSA) is 104 Å². The molecule has 0 saturated heterocycles. The van der Waals surface area contributed by atoms with Crippen LogP contribution in [0.1, 0.15) is 20.7 Å². The van der Waals surface area contributed by atoms with Gasteiger partial charge in [0.1, 0.15) is 11.5 Å². The predicted octanol–water partition coefficient (Wildman–Crippen LogP) is 11.7. The predicted molar refractivity (Wildman–Crippen MR) is 233 cm³/mol. The van der Waals surface area contributed by atoms with Crippen molar-refractivity contribution in [2.45, 2.75) is 0 Å². The van der Waals surface area contributed by atoms with E-state index < -0.39 is 11.9 Å². The van der Waals surface area contributed by atoms with Crippen LogP contribution in [0.15, 0.2) is 207 Å². The van der Waals surface area contributed by atoms with Gasteiger partial charge in [0.05, 0.1) is 45.3 Å². The Balaban J connectivity index is 0.862. The van der Waals surface area contributed by atoms with E-state index in [1.807, 2.05) is 146 Å². The van der Waals surface area contributed by atoms with Gasteiger partial charge in [0.15, 0.2) is 0 Å². The van der Waals surface area contributed by atoms with E-state index in [1.165, 1.54) is 0 Å². The lowest BCUT2D eigenvalue weighted by Crippen LogP contribution is -2.11. The first-order chi connectivity index (χ1) is 29.5. The maximum atomic E-state index is 13.1. The van der Waals surface area contributed by atoms with Gasteiger partial charge >= 0.3 is 11.9 Å². The average Bonchev–Trinajstić information content (AvgIpc) is 3.33. The lowest BCUT2D eigenvalue weighted by molar-refractivity contribution is 0.0720. The summed E-state index contributed by atoms with van der Waals surface area (Å²) in [6, 6.07) is 60.4. The minimum absolute atomic E-state index is 0.291. The normalized spacial score (nSPS) is 10.8. The largest absolute Gasteiger partial charge is 0.423 e. The van der Waals surface area contributed by atoms with Gasteiger partial charge in [-0.25, -0.2) is 19.6 Å². The molecule has 8 nitrogen and oxygen atoms in total. The fourth-order valence-electron chi connectivity index (χ4n) is 6.70. The van der Waals surface area contributed by atoms with Crippen molar-refractivity contribution in [2.75, 3.05) is 0 Å². The lowest BCUT2D eigenvalue weighted by atomic mass is 10.0. The molecule has 0 aliphatic rings. The zero-order valence-electron chi connectivity index (χ0n) is 32.1. The van der Waals surface area contributed by atoms with E-state index in [2.05, 4.69) is 9.97 Å². The Bertz CT molecular complexity index is 2590. The van der Waals surface area contributed by atoms with Gasteiger partial charge in [0.2, 0.25) is 0 Å². The number of benzene rings is 5. The standard InChI is InChI=1S/C52H34N4O4/c57-51(59-43-25-21-35(22-26-43)41-31-47(37-11-3-1-4-12-37)55-49(33-41)45-15-7-9-29-53-45)39-17-19-40(20-18-39)52(58)60-44-27-23-36(24-28-44)42-32-48(38-13-5-2-6-14-38)56-50(34-42)46-16-8-10-30-54-46/h1-34H. The van der Waals surface area contributed by atoms with Gasteiger partial charge in [0, 0.05) is 23.5 Å². The second-order valence-electron chi connectivity index (χ2n) is 13.8. The van der Waals surface area contributed by atoms with Crippen LogP contribution in [-0.4, -0.2) is 31.9 Å². The molecule has 60 heavy (non-hydrogen) atoms. The summed E-state index contributed by atoms with van der Waals surface area (Å²) in [6.45, 7) is 0. The van der Waals surface area contributed by atoms with E-state index >= 15 is 0 Å². The Morgan fingerprint density at radius 2 is 0.683 bits per heavy atom. The van der Waals surface area contributed by atoms with Crippen molar-refractivity contribution in [1.29, 1.82) is 0 Å². The van der Waals surface area contributed by atoms with Crippen LogP contribution in [0.2, 0.25) is 0 Å². The quantitative estimate of drug-likeness (QED) is 0.0998. The summed E-state index contributed by atoms with van der Waals surface area (Å²) in [6.07, 6.45) is 3.50. The molecule has 9 rings (SSSR count). The number of ether oxygens (including phenoxy) is 2. The first-order valence-corrected chi connectivity index (χ1v) is 19.3. The van der Waals surface area contributed by atoms with Crippen LogP contribution >= 0.6 is 0 Å². The maximum absolute atomic E-state index is 13.1. The van der Waals surface area contributed by atoms with Gasteiger partial charge in [-0.3, -0.25) is 9.97 Å². The van der Waals surface area contributed by atoms with Gasteiger partial charge in [-0.05, 0) is 119 Å². The Morgan fingerprint density at radius 3 is 1.05 bits per heavy atom. The second kappa shape index (κ2) is 17.0. The molecule has 4 heterocycles. The molecule has 286 valence electrons. The third kappa shape index (κ3) is 8.49. The van der Waals surface area contributed by atoms with Gasteiger partial charge in [-0.1, -0.05) is 97.1 Å². The minimum Gasteiger partial charge on any atom is -0.423 e. The smallest absolute Gasteiger partial charge is 0.343 e. The van der Waals surface area contributed by atoms with Crippen LogP contribution in [0.3, 0.4) is 0 Å². The molecule has 0 amide bonds. The molecule has 4 aromatic heterocycles. The average molecular weight is 779 g/mol. The maximum Gasteiger partial charge on any atom is 0.343 e. The van der Waals surface area contributed by atoms with Gasteiger partial charge in [0.25, 0.3) is 0 Å². The number of nitrogens with zero attached hydrogens (tertiary/aromatic N) is 4. The first kappa shape index (κ1) is 37.2. The van der Waals surface area contributed by atoms with E-state index in [0.29, 0.717) is 22.6 Å². The third-order valence-corrected chi connectivity index (χ3v) is 9.80. The summed E-state index contributed by atoms with van der Waals surface area (Å²) in [4.78, 5) is 45.1. The molecule has 0 unspecified atom stereocenters. The number of esters is 2. The van der Waals surface area contributed by atoms with Crippen LogP contribution in [0.5, 0.6) is 11.5 Å². The van der Waals surface area contributed by atoms with Crippen molar-refractivity contribution in [1.82, 2.24) is 19.9 Å². The summed E-state index contributed by atoms with van der Waals surface area (Å²) < 4.78 is 11.4. The summed E-state index contributed by atoms with van der Waals surface area (Å²) in [7, 11) is 0. The van der Waals surface area contributed by atoms with Gasteiger partial charge in [-0.2, -0.15) is 0 Å². The highest BCUT2D eigenvalue weighted by Gasteiger charge is 2.15. The third-order valence-electron chi connectivity index (χ3n) is 9.80. The number of aromatic nitrogens is 4. The van der Waals surface area contributed by atoms with Gasteiger partial charge < -0.3 is 9.47 Å². The van der Waals surface area contributed by atoms with Crippen LogP contribution in [-0.2, 0) is 0 Å². The molecule has 5 aromatic carbocycles. The van der Waals surface area contributed by atoms with E-state index in [1.54, 1.807) is 60.9 Å². The molecule has 0 atom stereocenters. The highest BCUT2D eigenvalue weighted by Crippen LogP contribution is 2.32.